The molecule has 0 spiro atoms. The molecule has 1 N–H and O–H groups in total. The Morgan fingerprint density at radius 1 is 1.28 bits per heavy atom. The van der Waals surface area contributed by atoms with E-state index in [9.17, 15) is 18.7 Å². The molecule has 7 nitrogen and oxygen atoms in total. The fourth-order valence-corrected chi connectivity index (χ4v) is 1.85. The number of carbonyl (C=O) groups excluding carboxylic acids is 1. The Morgan fingerprint density at radius 2 is 2.04 bits per heavy atom. The minimum absolute atomic E-state index is 0.0583. The van der Waals surface area contributed by atoms with E-state index in [-0.39, 0.29) is 23.7 Å². The lowest BCUT2D eigenvalue weighted by Crippen LogP contribution is -2.21. The van der Waals surface area contributed by atoms with Gasteiger partial charge in [-0.15, -0.1) is 0 Å². The number of alkyl halides is 2. The average molecular weight is 352 g/mol. The topological polar surface area (TPSA) is 93.2 Å². The highest BCUT2D eigenvalue weighted by molar-refractivity contribution is 6.04. The molecule has 1 atom stereocenters. The van der Waals surface area contributed by atoms with Crippen molar-refractivity contribution in [1.29, 1.82) is 0 Å². The lowest BCUT2D eigenvalue weighted by Gasteiger charge is -2.15. The van der Waals surface area contributed by atoms with Gasteiger partial charge in [-0.1, -0.05) is 0 Å². The number of aromatic nitrogens is 2. The van der Waals surface area contributed by atoms with Gasteiger partial charge >= 0.3 is 6.61 Å². The second-order valence-corrected chi connectivity index (χ2v) is 5.18. The zero-order chi connectivity index (χ0) is 18.4. The molecule has 0 aliphatic heterocycles. The molecular weight excluding hydrogens is 336 g/mol. The number of carbonyl (C=O) groups is 1. The summed E-state index contributed by atoms with van der Waals surface area (Å²) in [7, 11) is 0. The van der Waals surface area contributed by atoms with E-state index in [4.69, 9.17) is 4.74 Å². The molecule has 0 saturated heterocycles. The van der Waals surface area contributed by atoms with Gasteiger partial charge in [-0.3, -0.25) is 14.9 Å². The number of nitrogens with zero attached hydrogens (tertiary/aromatic N) is 2. The standard InChI is InChI=1S/C16H16F2N3O4/c1-9-6-20-14(7-19-9)21-15(23)11-3-4-13(12(22)5-11)25-10(2)8-24-16(17)18/h3-7,10,16H,8H2,1-2H3,(H,20,21,23). The highest BCUT2D eigenvalue weighted by Crippen LogP contribution is 2.29. The van der Waals surface area contributed by atoms with Gasteiger partial charge in [0, 0.05) is 11.6 Å². The van der Waals surface area contributed by atoms with Gasteiger partial charge in [0.15, 0.2) is 11.6 Å². The van der Waals surface area contributed by atoms with E-state index in [1.54, 1.807) is 6.92 Å². The number of rotatable bonds is 7. The normalized spacial score (nSPS) is 12.0. The monoisotopic (exact) mass is 352 g/mol. The summed E-state index contributed by atoms with van der Waals surface area (Å²) in [6.07, 6.45) is 2.14. The first-order chi connectivity index (χ1) is 11.8. The number of aryl methyl sites for hydroxylation is 1. The van der Waals surface area contributed by atoms with Gasteiger partial charge in [-0.05, 0) is 26.0 Å². The number of amides is 1. The molecule has 2 aromatic rings. The summed E-state index contributed by atoms with van der Waals surface area (Å²) in [5, 5.41) is 14.5. The molecule has 9 heteroatoms. The quantitative estimate of drug-likeness (QED) is 0.826. The summed E-state index contributed by atoms with van der Waals surface area (Å²) in [6, 6.07) is 3.78. The minimum atomic E-state index is -2.91. The molecule has 1 amide bonds. The number of halogens is 2. The summed E-state index contributed by atoms with van der Waals surface area (Å²) >= 11 is 0. The van der Waals surface area contributed by atoms with Gasteiger partial charge in [0.05, 0.1) is 24.7 Å². The van der Waals surface area contributed by atoms with E-state index in [2.05, 4.69) is 20.0 Å². The molecule has 0 bridgehead atoms. The van der Waals surface area contributed by atoms with Crippen LogP contribution >= 0.6 is 0 Å². The molecule has 25 heavy (non-hydrogen) atoms. The number of hydrogen-bond donors (Lipinski definition) is 1. The van der Waals surface area contributed by atoms with E-state index in [1.807, 2.05) is 0 Å². The van der Waals surface area contributed by atoms with Gasteiger partial charge < -0.3 is 14.8 Å². The van der Waals surface area contributed by atoms with Crippen LogP contribution in [0.1, 0.15) is 23.0 Å². The number of anilines is 1. The smallest absolute Gasteiger partial charge is 0.345 e. The summed E-state index contributed by atoms with van der Waals surface area (Å²) < 4.78 is 33.3. The molecule has 0 saturated carbocycles. The second kappa shape index (κ2) is 8.34. The Hall–Kier alpha value is -2.81. The van der Waals surface area contributed by atoms with Crippen LogP contribution in [0.15, 0.2) is 30.6 Å². The fourth-order valence-electron chi connectivity index (χ4n) is 1.85. The molecule has 0 aliphatic rings. The van der Waals surface area contributed by atoms with E-state index < -0.39 is 24.4 Å². The van der Waals surface area contributed by atoms with Crippen molar-refractivity contribution in [3.63, 3.8) is 0 Å². The van der Waals surface area contributed by atoms with Gasteiger partial charge in [-0.2, -0.15) is 8.78 Å². The SMILES string of the molecule is Cc1cnc(NC(=O)c2ccc(OC(C)COC(F)F)c([O])c2)cn1. The van der Waals surface area contributed by atoms with Gasteiger partial charge in [-0.25, -0.2) is 4.98 Å². The number of hydrogen-bond acceptors (Lipinski definition) is 5. The van der Waals surface area contributed by atoms with Gasteiger partial charge in [0.2, 0.25) is 5.75 Å². The first-order valence-electron chi connectivity index (χ1n) is 7.32. The fraction of sp³-hybridized carbons (Fsp3) is 0.312. The molecule has 0 aliphatic carbocycles. The van der Waals surface area contributed by atoms with Crippen LogP contribution in [0.25, 0.3) is 0 Å². The Kier molecular flexibility index (Phi) is 6.18. The first-order valence-corrected chi connectivity index (χ1v) is 7.32. The van der Waals surface area contributed by atoms with E-state index in [0.29, 0.717) is 5.69 Å². The molecule has 1 unspecified atom stereocenters. The molecule has 2 rings (SSSR count). The van der Waals surface area contributed by atoms with Gasteiger partial charge in [0.1, 0.15) is 6.10 Å². The van der Waals surface area contributed by atoms with Crippen molar-refractivity contribution >= 4 is 11.7 Å². The van der Waals surface area contributed by atoms with Crippen molar-refractivity contribution in [2.45, 2.75) is 26.6 Å². The Labute approximate surface area is 142 Å². The average Bonchev–Trinajstić information content (AvgIpc) is 2.57. The van der Waals surface area contributed by atoms with Crippen LogP contribution in [-0.4, -0.2) is 35.2 Å². The Balaban J connectivity index is 2.00. The highest BCUT2D eigenvalue weighted by atomic mass is 19.3. The van der Waals surface area contributed by atoms with E-state index in [1.165, 1.54) is 31.5 Å². The maximum atomic E-state index is 12.1. The van der Waals surface area contributed by atoms with Gasteiger partial charge in [0.25, 0.3) is 5.91 Å². The maximum absolute atomic E-state index is 12.1. The minimum Gasteiger partial charge on any atom is -0.484 e. The zero-order valence-electron chi connectivity index (χ0n) is 13.5. The molecule has 1 aromatic heterocycles. The lowest BCUT2D eigenvalue weighted by atomic mass is 10.2. The number of nitrogens with one attached hydrogen (secondary N) is 1. The second-order valence-electron chi connectivity index (χ2n) is 5.18. The predicted octanol–water partition coefficient (Wildman–Crippen LogP) is 3.19. The van der Waals surface area contributed by atoms with Crippen molar-refractivity contribution in [3.05, 3.63) is 41.9 Å². The number of ether oxygens (including phenoxy) is 2. The van der Waals surface area contributed by atoms with Crippen LogP contribution < -0.4 is 10.1 Å². The summed E-state index contributed by atoms with van der Waals surface area (Å²) in [5.41, 5.74) is 0.808. The molecule has 1 radical (unpaired) electrons. The maximum Gasteiger partial charge on any atom is 0.345 e. The van der Waals surface area contributed by atoms with Crippen molar-refractivity contribution in [2.24, 2.45) is 0 Å². The summed E-state index contributed by atoms with van der Waals surface area (Å²) in [4.78, 5) is 20.1. The van der Waals surface area contributed by atoms with Crippen molar-refractivity contribution < 1.29 is 28.2 Å². The molecule has 1 heterocycles. The third-order valence-corrected chi connectivity index (χ3v) is 3.01. The van der Waals surface area contributed by atoms with Crippen LogP contribution in [0, 0.1) is 6.92 Å². The number of benzene rings is 1. The third kappa shape index (κ3) is 5.64. The van der Waals surface area contributed by atoms with Crippen LogP contribution in [0.4, 0.5) is 14.6 Å². The highest BCUT2D eigenvalue weighted by Gasteiger charge is 2.15. The van der Waals surface area contributed by atoms with E-state index in [0.717, 1.165) is 6.07 Å². The summed E-state index contributed by atoms with van der Waals surface area (Å²) in [6.45, 7) is -0.0353. The Morgan fingerprint density at radius 3 is 2.64 bits per heavy atom. The van der Waals surface area contributed by atoms with Crippen molar-refractivity contribution in [2.75, 3.05) is 11.9 Å². The van der Waals surface area contributed by atoms with Crippen LogP contribution in [0.3, 0.4) is 0 Å². The molecule has 1 aromatic carbocycles. The summed E-state index contributed by atoms with van der Waals surface area (Å²) in [5.74, 6) is -0.888. The van der Waals surface area contributed by atoms with Crippen LogP contribution in [0.2, 0.25) is 0 Å². The zero-order valence-corrected chi connectivity index (χ0v) is 13.5. The largest absolute Gasteiger partial charge is 0.484 e. The van der Waals surface area contributed by atoms with Crippen LogP contribution in [0.5, 0.6) is 11.5 Å². The lowest BCUT2D eigenvalue weighted by molar-refractivity contribution is -0.142. The van der Waals surface area contributed by atoms with Crippen LogP contribution in [-0.2, 0) is 9.84 Å². The molecular formula is C16H16F2N3O4. The Bertz CT molecular complexity index is 726. The van der Waals surface area contributed by atoms with E-state index >= 15 is 0 Å². The molecule has 133 valence electrons. The third-order valence-electron chi connectivity index (χ3n) is 3.01. The van der Waals surface area contributed by atoms with Crippen molar-refractivity contribution in [3.8, 4) is 11.5 Å². The first kappa shape index (κ1) is 18.5. The van der Waals surface area contributed by atoms with Crippen molar-refractivity contribution in [1.82, 2.24) is 9.97 Å². The molecule has 0 fully saturated rings. The predicted molar refractivity (Wildman–Crippen MR) is 83.3 cm³/mol.